The third-order valence-corrected chi connectivity index (χ3v) is 4.01. The molecule has 0 atom stereocenters. The Morgan fingerprint density at radius 3 is 2.42 bits per heavy atom. The molecule has 0 spiro atoms. The van der Waals surface area contributed by atoms with Crippen molar-refractivity contribution in [3.8, 4) is 0 Å². The van der Waals surface area contributed by atoms with Gasteiger partial charge in [-0.25, -0.2) is 0 Å². The van der Waals surface area contributed by atoms with Gasteiger partial charge in [-0.1, -0.05) is 13.3 Å². The van der Waals surface area contributed by atoms with E-state index in [-0.39, 0.29) is 5.91 Å². The highest BCUT2D eigenvalue weighted by molar-refractivity contribution is 9.11. The van der Waals surface area contributed by atoms with E-state index in [2.05, 4.69) is 44.1 Å². The van der Waals surface area contributed by atoms with Crippen LogP contribution in [-0.4, -0.2) is 30.9 Å². The van der Waals surface area contributed by atoms with Gasteiger partial charge in [0.25, 0.3) is 0 Å². The first kappa shape index (κ1) is 16.7. The number of amides is 1. The minimum atomic E-state index is 0.00357. The van der Waals surface area contributed by atoms with Gasteiger partial charge in [-0.2, -0.15) is 0 Å². The zero-order chi connectivity index (χ0) is 14.4. The molecule has 0 fully saturated rings. The summed E-state index contributed by atoms with van der Waals surface area (Å²) in [5, 5.41) is 2.94. The van der Waals surface area contributed by atoms with Crippen LogP contribution >= 0.6 is 31.9 Å². The molecule has 0 unspecified atom stereocenters. The van der Waals surface area contributed by atoms with Crippen LogP contribution < -0.4 is 5.32 Å². The summed E-state index contributed by atoms with van der Waals surface area (Å²) in [5.74, 6) is 0.00357. The Bertz CT molecular complexity index is 426. The van der Waals surface area contributed by atoms with Gasteiger partial charge in [0, 0.05) is 8.95 Å². The quantitative estimate of drug-likeness (QED) is 0.788. The maximum absolute atomic E-state index is 12.0. The molecule has 0 aliphatic rings. The monoisotopic (exact) mass is 390 g/mol. The number of carbonyl (C=O) groups excluding carboxylic acids is 1. The largest absolute Gasteiger partial charge is 0.323 e. The number of halogens is 2. The summed E-state index contributed by atoms with van der Waals surface area (Å²) >= 11 is 6.95. The molecule has 0 heterocycles. The molecule has 0 saturated carbocycles. The van der Waals surface area contributed by atoms with Gasteiger partial charge in [-0.3, -0.25) is 9.69 Å². The molecule has 1 aromatic rings. The number of unbranched alkanes of at least 4 members (excludes halogenated alkanes) is 1. The predicted molar refractivity (Wildman–Crippen MR) is 87.6 cm³/mol. The number of nitrogens with zero attached hydrogens (tertiary/aromatic N) is 1. The molecule has 1 aromatic carbocycles. The minimum Gasteiger partial charge on any atom is -0.323 e. The Labute approximate surface area is 132 Å². The molecule has 0 bridgehead atoms. The molecule has 5 heteroatoms. The lowest BCUT2D eigenvalue weighted by Gasteiger charge is -2.17. The van der Waals surface area contributed by atoms with Crippen LogP contribution in [0.25, 0.3) is 0 Å². The maximum atomic E-state index is 12.0. The second kappa shape index (κ2) is 8.02. The zero-order valence-corrected chi connectivity index (χ0v) is 14.8. The van der Waals surface area contributed by atoms with Crippen molar-refractivity contribution in [1.82, 2.24) is 4.90 Å². The van der Waals surface area contributed by atoms with Gasteiger partial charge in [0.05, 0.1) is 12.2 Å². The van der Waals surface area contributed by atoms with E-state index in [4.69, 9.17) is 0 Å². The summed E-state index contributed by atoms with van der Waals surface area (Å²) in [6, 6.07) is 3.97. The number of anilines is 1. The van der Waals surface area contributed by atoms with E-state index in [0.717, 1.165) is 39.6 Å². The SMILES string of the molecule is CCCCN(C)CC(=O)Nc1c(Br)cc(C)cc1Br. The van der Waals surface area contributed by atoms with Crippen LogP contribution in [-0.2, 0) is 4.79 Å². The normalized spacial score (nSPS) is 10.8. The summed E-state index contributed by atoms with van der Waals surface area (Å²) in [5.41, 5.74) is 1.93. The molecule has 1 rings (SSSR count). The summed E-state index contributed by atoms with van der Waals surface area (Å²) in [4.78, 5) is 14.0. The number of aryl methyl sites for hydroxylation is 1. The molecule has 0 aromatic heterocycles. The molecule has 19 heavy (non-hydrogen) atoms. The number of nitrogens with one attached hydrogen (secondary N) is 1. The Kier molecular flexibility index (Phi) is 7.04. The number of benzene rings is 1. The Balaban J connectivity index is 2.62. The summed E-state index contributed by atoms with van der Waals surface area (Å²) < 4.78 is 1.79. The molecule has 0 aliphatic carbocycles. The first-order valence-electron chi connectivity index (χ1n) is 6.38. The first-order valence-corrected chi connectivity index (χ1v) is 7.96. The van der Waals surface area contributed by atoms with Crippen molar-refractivity contribution in [1.29, 1.82) is 0 Å². The predicted octanol–water partition coefficient (Wildman–Crippen LogP) is 4.19. The number of hydrogen-bond donors (Lipinski definition) is 1. The van der Waals surface area contributed by atoms with Crippen molar-refractivity contribution in [3.05, 3.63) is 26.6 Å². The standard InChI is InChI=1S/C14H20Br2N2O/c1-4-5-6-18(3)9-13(19)17-14-11(15)7-10(2)8-12(14)16/h7-8H,4-6,9H2,1-3H3,(H,17,19). The third kappa shape index (κ3) is 5.63. The molecule has 1 amide bonds. The fourth-order valence-electron chi connectivity index (χ4n) is 1.75. The molecule has 1 N–H and O–H groups in total. The second-order valence-electron chi connectivity index (χ2n) is 4.74. The molecular formula is C14H20Br2N2O. The molecule has 0 aliphatic heterocycles. The Morgan fingerprint density at radius 1 is 1.32 bits per heavy atom. The van der Waals surface area contributed by atoms with E-state index < -0.39 is 0 Å². The molecular weight excluding hydrogens is 372 g/mol. The number of hydrogen-bond acceptors (Lipinski definition) is 2. The molecule has 0 radical (unpaired) electrons. The van der Waals surface area contributed by atoms with E-state index in [1.165, 1.54) is 0 Å². The van der Waals surface area contributed by atoms with E-state index in [1.807, 2.05) is 31.0 Å². The van der Waals surface area contributed by atoms with Gasteiger partial charge in [0.1, 0.15) is 0 Å². The fraction of sp³-hybridized carbons (Fsp3) is 0.500. The highest BCUT2D eigenvalue weighted by Gasteiger charge is 2.11. The highest BCUT2D eigenvalue weighted by Crippen LogP contribution is 2.32. The van der Waals surface area contributed by atoms with Crippen LogP contribution in [0.5, 0.6) is 0 Å². The van der Waals surface area contributed by atoms with E-state index >= 15 is 0 Å². The van der Waals surface area contributed by atoms with Crippen molar-refractivity contribution in [2.75, 3.05) is 25.5 Å². The van der Waals surface area contributed by atoms with Crippen molar-refractivity contribution in [2.24, 2.45) is 0 Å². The van der Waals surface area contributed by atoms with Crippen LogP contribution in [0.15, 0.2) is 21.1 Å². The average molecular weight is 392 g/mol. The summed E-state index contributed by atoms with van der Waals surface area (Å²) in [7, 11) is 1.97. The highest BCUT2D eigenvalue weighted by atomic mass is 79.9. The van der Waals surface area contributed by atoms with E-state index in [9.17, 15) is 4.79 Å². The lowest BCUT2D eigenvalue weighted by molar-refractivity contribution is -0.117. The van der Waals surface area contributed by atoms with Crippen LogP contribution in [0.1, 0.15) is 25.3 Å². The van der Waals surface area contributed by atoms with E-state index in [1.54, 1.807) is 0 Å². The van der Waals surface area contributed by atoms with Gasteiger partial charge < -0.3 is 5.32 Å². The van der Waals surface area contributed by atoms with Crippen LogP contribution in [0.2, 0.25) is 0 Å². The summed E-state index contributed by atoms with van der Waals surface area (Å²) in [6.07, 6.45) is 2.25. The van der Waals surface area contributed by atoms with Gasteiger partial charge >= 0.3 is 0 Å². The van der Waals surface area contributed by atoms with Crippen molar-refractivity contribution < 1.29 is 4.79 Å². The van der Waals surface area contributed by atoms with Gasteiger partial charge in [-0.15, -0.1) is 0 Å². The van der Waals surface area contributed by atoms with Gasteiger partial charge in [0.15, 0.2) is 0 Å². The summed E-state index contributed by atoms with van der Waals surface area (Å²) in [6.45, 7) is 5.51. The molecule has 0 saturated heterocycles. The van der Waals surface area contributed by atoms with Crippen LogP contribution in [0.3, 0.4) is 0 Å². The zero-order valence-electron chi connectivity index (χ0n) is 11.6. The maximum Gasteiger partial charge on any atom is 0.238 e. The van der Waals surface area contributed by atoms with Gasteiger partial charge in [-0.05, 0) is 76.5 Å². The van der Waals surface area contributed by atoms with Crippen molar-refractivity contribution in [3.63, 3.8) is 0 Å². The van der Waals surface area contributed by atoms with Crippen LogP contribution in [0.4, 0.5) is 5.69 Å². The minimum absolute atomic E-state index is 0.00357. The van der Waals surface area contributed by atoms with E-state index in [0.29, 0.717) is 6.54 Å². The topological polar surface area (TPSA) is 32.3 Å². The van der Waals surface area contributed by atoms with Crippen molar-refractivity contribution >= 4 is 43.5 Å². The number of likely N-dealkylation sites (N-methyl/N-ethyl adjacent to an activating group) is 1. The smallest absolute Gasteiger partial charge is 0.238 e. The van der Waals surface area contributed by atoms with Gasteiger partial charge in [0.2, 0.25) is 5.91 Å². The van der Waals surface area contributed by atoms with Crippen molar-refractivity contribution in [2.45, 2.75) is 26.7 Å². The Morgan fingerprint density at radius 2 is 1.89 bits per heavy atom. The second-order valence-corrected chi connectivity index (χ2v) is 6.45. The average Bonchev–Trinajstić information content (AvgIpc) is 2.31. The fourth-order valence-corrected chi connectivity index (χ4v) is 3.36. The lowest BCUT2D eigenvalue weighted by atomic mass is 10.2. The van der Waals surface area contributed by atoms with Crippen LogP contribution in [0, 0.1) is 6.92 Å². The molecule has 3 nitrogen and oxygen atoms in total. The first-order chi connectivity index (χ1) is 8.93. The lowest BCUT2D eigenvalue weighted by Crippen LogP contribution is -2.31. The third-order valence-electron chi connectivity index (χ3n) is 2.76. The number of carbonyl (C=O) groups is 1. The number of rotatable bonds is 6. The Hall–Kier alpha value is -0.390. The molecule has 106 valence electrons.